The van der Waals surface area contributed by atoms with E-state index in [-0.39, 0.29) is 5.97 Å². The first-order valence-electron chi connectivity index (χ1n) is 6.88. The Morgan fingerprint density at radius 2 is 1.64 bits per heavy atom. The zero-order valence-corrected chi connectivity index (χ0v) is 15.9. The van der Waals surface area contributed by atoms with Crippen LogP contribution in [0.2, 0.25) is 6.04 Å². The summed E-state index contributed by atoms with van der Waals surface area (Å²) >= 11 is 5.53. The van der Waals surface area contributed by atoms with E-state index in [2.05, 4.69) is 11.3 Å². The van der Waals surface area contributed by atoms with E-state index in [1.165, 1.54) is 0 Å². The molecule has 0 saturated heterocycles. The van der Waals surface area contributed by atoms with E-state index in [1.807, 2.05) is 0 Å². The standard InChI is InChI=1S/C6H15ClO3Si.C5H8O2.C2H8N2/c1-8-11(9-2,10-3)6-4-5-7;1-3-5(6)7-4-2;3-1-2-4/h4-6H2,1-3H3;3H,1,4H2,2H3;1-4H2. The van der Waals surface area contributed by atoms with Crippen LogP contribution in [0.15, 0.2) is 12.7 Å². The van der Waals surface area contributed by atoms with Crippen molar-refractivity contribution in [1.82, 2.24) is 0 Å². The molecule has 7 nitrogen and oxygen atoms in total. The Bertz CT molecular complexity index is 246. The van der Waals surface area contributed by atoms with Crippen molar-refractivity contribution in [2.45, 2.75) is 19.4 Å². The maximum Gasteiger partial charge on any atom is 0.500 e. The minimum Gasteiger partial charge on any atom is -0.463 e. The summed E-state index contributed by atoms with van der Waals surface area (Å²) in [5.74, 6) is 0.257. The SMILES string of the molecule is C=CC(=O)OCC.CO[Si](CCCCl)(OC)OC.NCCN. The number of carbonyl (C=O) groups excluding carboxylic acids is 1. The third-order valence-electron chi connectivity index (χ3n) is 2.17. The van der Waals surface area contributed by atoms with Crippen LogP contribution in [-0.2, 0) is 22.8 Å². The van der Waals surface area contributed by atoms with Gasteiger partial charge in [-0.1, -0.05) is 6.58 Å². The molecular weight excluding hydrogens is 328 g/mol. The summed E-state index contributed by atoms with van der Waals surface area (Å²) in [5, 5.41) is 0. The van der Waals surface area contributed by atoms with Crippen molar-refractivity contribution in [2.75, 3.05) is 46.9 Å². The van der Waals surface area contributed by atoms with Crippen molar-refractivity contribution in [2.24, 2.45) is 11.5 Å². The van der Waals surface area contributed by atoms with Gasteiger partial charge >= 0.3 is 14.8 Å². The van der Waals surface area contributed by atoms with E-state index in [4.69, 9.17) is 36.3 Å². The molecule has 0 atom stereocenters. The molecule has 0 aromatic carbocycles. The summed E-state index contributed by atoms with van der Waals surface area (Å²) in [6, 6.07) is 0.778. The average Bonchev–Trinajstić information content (AvgIpc) is 2.57. The summed E-state index contributed by atoms with van der Waals surface area (Å²) in [7, 11) is 2.49. The Labute approximate surface area is 140 Å². The molecule has 0 amide bonds. The molecule has 0 heterocycles. The lowest BCUT2D eigenvalue weighted by Gasteiger charge is -2.23. The molecule has 0 aliphatic rings. The topological polar surface area (TPSA) is 106 Å². The van der Waals surface area contributed by atoms with Crippen LogP contribution in [0.1, 0.15) is 13.3 Å². The molecule has 0 aromatic rings. The molecule has 0 rings (SSSR count). The largest absolute Gasteiger partial charge is 0.500 e. The normalized spacial score (nSPS) is 9.77. The van der Waals surface area contributed by atoms with E-state index >= 15 is 0 Å². The first kappa shape index (κ1) is 26.4. The molecule has 134 valence electrons. The van der Waals surface area contributed by atoms with E-state index in [9.17, 15) is 4.79 Å². The quantitative estimate of drug-likeness (QED) is 0.275. The van der Waals surface area contributed by atoms with Gasteiger partial charge in [0.2, 0.25) is 0 Å². The molecule has 4 N–H and O–H groups in total. The summed E-state index contributed by atoms with van der Waals surface area (Å²) in [5.41, 5.74) is 9.81. The Balaban J connectivity index is -0.000000280. The van der Waals surface area contributed by atoms with Gasteiger partial charge in [-0.3, -0.25) is 0 Å². The molecule has 0 bridgehead atoms. The van der Waals surface area contributed by atoms with Crippen molar-refractivity contribution < 1.29 is 22.8 Å². The Hall–Kier alpha value is -0.483. The molecular formula is C13H31ClN2O5Si. The van der Waals surface area contributed by atoms with Crippen LogP contribution in [0.3, 0.4) is 0 Å². The fraction of sp³-hybridized carbons (Fsp3) is 0.769. The van der Waals surface area contributed by atoms with E-state index in [0.717, 1.165) is 18.5 Å². The first-order chi connectivity index (χ1) is 10.5. The highest BCUT2D eigenvalue weighted by Gasteiger charge is 2.36. The van der Waals surface area contributed by atoms with Gasteiger partial charge in [-0.25, -0.2) is 4.79 Å². The number of halogens is 1. The smallest absolute Gasteiger partial charge is 0.463 e. The molecule has 0 aromatic heterocycles. The lowest BCUT2D eigenvalue weighted by molar-refractivity contribution is -0.137. The third kappa shape index (κ3) is 17.6. The second-order valence-electron chi connectivity index (χ2n) is 3.62. The summed E-state index contributed by atoms with van der Waals surface area (Å²) < 4.78 is 20.0. The van der Waals surface area contributed by atoms with Crippen LogP contribution in [-0.4, -0.2) is 61.7 Å². The molecule has 0 radical (unpaired) electrons. The van der Waals surface area contributed by atoms with Gasteiger partial charge in [0.15, 0.2) is 0 Å². The highest BCUT2D eigenvalue weighted by atomic mass is 35.5. The average molecular weight is 359 g/mol. The monoisotopic (exact) mass is 358 g/mol. The number of carbonyl (C=O) groups is 1. The van der Waals surface area contributed by atoms with Gasteiger partial charge in [0.05, 0.1) is 6.61 Å². The molecule has 9 heteroatoms. The summed E-state index contributed by atoms with van der Waals surface area (Å²) in [6.07, 6.45) is 2.01. The maximum absolute atomic E-state index is 10.1. The van der Waals surface area contributed by atoms with Crippen molar-refractivity contribution in [3.8, 4) is 0 Å². The number of hydrogen-bond acceptors (Lipinski definition) is 7. The minimum absolute atomic E-state index is 0.359. The lowest BCUT2D eigenvalue weighted by Crippen LogP contribution is -2.42. The molecule has 0 unspecified atom stereocenters. The minimum atomic E-state index is -2.32. The van der Waals surface area contributed by atoms with Crippen LogP contribution >= 0.6 is 11.6 Å². The number of alkyl halides is 1. The second-order valence-corrected chi connectivity index (χ2v) is 7.09. The van der Waals surface area contributed by atoms with Gasteiger partial charge in [-0.2, -0.15) is 0 Å². The van der Waals surface area contributed by atoms with Crippen LogP contribution in [0.25, 0.3) is 0 Å². The fourth-order valence-corrected chi connectivity index (χ4v) is 3.12. The van der Waals surface area contributed by atoms with Crippen molar-refractivity contribution in [3.05, 3.63) is 12.7 Å². The third-order valence-corrected chi connectivity index (χ3v) is 5.27. The van der Waals surface area contributed by atoms with Gasteiger partial charge in [0.25, 0.3) is 0 Å². The van der Waals surface area contributed by atoms with Crippen molar-refractivity contribution in [1.29, 1.82) is 0 Å². The second kappa shape index (κ2) is 20.5. The number of nitrogens with two attached hydrogens (primary N) is 2. The van der Waals surface area contributed by atoms with Crippen molar-refractivity contribution >= 4 is 26.4 Å². The number of esters is 1. The van der Waals surface area contributed by atoms with Gasteiger partial charge in [0, 0.05) is 52.4 Å². The number of ether oxygens (including phenoxy) is 1. The van der Waals surface area contributed by atoms with Gasteiger partial charge in [0.1, 0.15) is 0 Å². The summed E-state index contributed by atoms with van der Waals surface area (Å²) in [4.78, 5) is 10.1. The Morgan fingerprint density at radius 1 is 1.18 bits per heavy atom. The lowest BCUT2D eigenvalue weighted by atomic mass is 10.6. The first-order valence-corrected chi connectivity index (χ1v) is 9.34. The fourth-order valence-electron chi connectivity index (χ4n) is 1.04. The van der Waals surface area contributed by atoms with Crippen LogP contribution < -0.4 is 11.5 Å². The zero-order chi connectivity index (χ0) is 17.9. The number of hydrogen-bond donors (Lipinski definition) is 2. The van der Waals surface area contributed by atoms with Gasteiger partial charge in [-0.15, -0.1) is 11.6 Å². The molecule has 22 heavy (non-hydrogen) atoms. The van der Waals surface area contributed by atoms with Crippen LogP contribution in [0.4, 0.5) is 0 Å². The zero-order valence-electron chi connectivity index (χ0n) is 14.1. The predicted octanol–water partition coefficient (Wildman–Crippen LogP) is 1.13. The van der Waals surface area contributed by atoms with E-state index in [1.54, 1.807) is 28.3 Å². The van der Waals surface area contributed by atoms with Gasteiger partial charge < -0.3 is 29.5 Å². The molecule has 0 aliphatic carbocycles. The van der Waals surface area contributed by atoms with E-state index in [0.29, 0.717) is 25.6 Å². The van der Waals surface area contributed by atoms with E-state index < -0.39 is 8.80 Å². The molecule has 0 saturated carbocycles. The van der Waals surface area contributed by atoms with Crippen LogP contribution in [0.5, 0.6) is 0 Å². The summed E-state index contributed by atoms with van der Waals surface area (Å²) in [6.45, 7) is 6.57. The highest BCUT2D eigenvalue weighted by molar-refractivity contribution is 6.60. The Kier molecular flexibility index (Phi) is 24.6. The van der Waals surface area contributed by atoms with Crippen LogP contribution in [0, 0.1) is 0 Å². The Morgan fingerprint density at radius 3 is 1.82 bits per heavy atom. The number of rotatable bonds is 9. The molecule has 0 spiro atoms. The highest BCUT2D eigenvalue weighted by Crippen LogP contribution is 2.14. The molecule has 0 fully saturated rings. The van der Waals surface area contributed by atoms with Gasteiger partial charge in [-0.05, 0) is 13.3 Å². The maximum atomic E-state index is 10.1. The predicted molar refractivity (Wildman–Crippen MR) is 91.9 cm³/mol. The molecule has 0 aliphatic heterocycles. The van der Waals surface area contributed by atoms with Crippen molar-refractivity contribution in [3.63, 3.8) is 0 Å².